The summed E-state index contributed by atoms with van der Waals surface area (Å²) in [6.45, 7) is 1.97. The summed E-state index contributed by atoms with van der Waals surface area (Å²) in [4.78, 5) is 46.2. The number of nitrogens with one attached hydrogen (secondary N) is 3. The lowest BCUT2D eigenvalue weighted by atomic mass is 9.97. The fraction of sp³-hybridized carbons (Fsp3) is 0.294. The van der Waals surface area contributed by atoms with Crippen molar-refractivity contribution in [3.63, 3.8) is 0 Å². The Bertz CT molecular complexity index is 1100. The summed E-state index contributed by atoms with van der Waals surface area (Å²) < 4.78 is 0. The quantitative estimate of drug-likeness (QED) is 0.608. The molecule has 8 heteroatoms. The van der Waals surface area contributed by atoms with Crippen LogP contribution in [0.1, 0.15) is 44.8 Å². The molecule has 0 bridgehead atoms. The zero-order valence-corrected chi connectivity index (χ0v) is 14.3. The van der Waals surface area contributed by atoms with Crippen LogP contribution in [0.3, 0.4) is 0 Å². The van der Waals surface area contributed by atoms with Gasteiger partial charge in [-0.05, 0) is 44.4 Å². The van der Waals surface area contributed by atoms with E-state index in [9.17, 15) is 14.4 Å². The molecule has 0 saturated heterocycles. The van der Waals surface area contributed by atoms with E-state index in [4.69, 9.17) is 0 Å². The Labute approximate surface area is 146 Å². The first-order valence-corrected chi connectivity index (χ1v) is 8.86. The average molecular weight is 356 g/mol. The van der Waals surface area contributed by atoms with Crippen molar-refractivity contribution in [2.75, 3.05) is 0 Å². The van der Waals surface area contributed by atoms with E-state index in [2.05, 4.69) is 20.3 Å². The smallest absolute Gasteiger partial charge is 0.314 e. The lowest BCUT2D eigenvalue weighted by Gasteiger charge is -2.22. The first-order chi connectivity index (χ1) is 12.0. The van der Waals surface area contributed by atoms with E-state index in [0.717, 1.165) is 30.0 Å². The fourth-order valence-corrected chi connectivity index (χ4v) is 4.22. The summed E-state index contributed by atoms with van der Waals surface area (Å²) in [7, 11) is 0. The molecule has 0 saturated carbocycles. The van der Waals surface area contributed by atoms with Gasteiger partial charge in [-0.25, -0.2) is 4.98 Å². The van der Waals surface area contributed by atoms with Crippen molar-refractivity contribution in [3.8, 4) is 0 Å². The molecule has 3 N–H and O–H groups in total. The molecule has 1 aliphatic carbocycles. The molecule has 7 nitrogen and oxygen atoms in total. The van der Waals surface area contributed by atoms with Gasteiger partial charge in [-0.3, -0.25) is 14.4 Å². The molecule has 0 unspecified atom stereocenters. The van der Waals surface area contributed by atoms with Crippen LogP contribution in [-0.2, 0) is 6.42 Å². The molecule has 1 atom stereocenters. The number of amides is 1. The molecule has 2 aromatic heterocycles. The van der Waals surface area contributed by atoms with Gasteiger partial charge in [0, 0.05) is 10.4 Å². The fourth-order valence-electron chi connectivity index (χ4n) is 3.18. The average Bonchev–Trinajstić information content (AvgIpc) is 2.97. The third-order valence-electron chi connectivity index (χ3n) is 4.35. The molecule has 2 heterocycles. The highest BCUT2D eigenvalue weighted by atomic mass is 32.1. The summed E-state index contributed by atoms with van der Waals surface area (Å²) in [5, 5.41) is 4.05. The molecular formula is C17H16N4O3S. The van der Waals surface area contributed by atoms with Gasteiger partial charge in [0.15, 0.2) is 0 Å². The molecule has 1 amide bonds. The number of hydrogen-bond donors (Lipinski definition) is 3. The van der Waals surface area contributed by atoms with E-state index in [1.165, 1.54) is 4.88 Å². The topological polar surface area (TPSA) is 108 Å². The second-order valence-electron chi connectivity index (χ2n) is 6.13. The Morgan fingerprint density at radius 1 is 1.24 bits per heavy atom. The number of aryl methyl sites for hydroxylation is 2. The van der Waals surface area contributed by atoms with E-state index >= 15 is 0 Å². The number of thiazole rings is 1. The van der Waals surface area contributed by atoms with Gasteiger partial charge in [-0.2, -0.15) is 0 Å². The van der Waals surface area contributed by atoms with E-state index in [-0.39, 0.29) is 11.9 Å². The summed E-state index contributed by atoms with van der Waals surface area (Å²) in [6, 6.07) is 4.72. The second kappa shape index (κ2) is 5.96. The number of rotatable bonds is 2. The zero-order chi connectivity index (χ0) is 17.6. The summed E-state index contributed by atoms with van der Waals surface area (Å²) in [5.74, 6) is -0.225. The van der Waals surface area contributed by atoms with Crippen LogP contribution in [-0.4, -0.2) is 20.9 Å². The number of aromatic nitrogens is 3. The van der Waals surface area contributed by atoms with Crippen LogP contribution >= 0.6 is 11.3 Å². The van der Waals surface area contributed by atoms with Crippen molar-refractivity contribution in [2.45, 2.75) is 32.2 Å². The maximum absolute atomic E-state index is 12.6. The Kier molecular flexibility index (Phi) is 3.76. The van der Waals surface area contributed by atoms with Crippen molar-refractivity contribution in [2.24, 2.45) is 0 Å². The van der Waals surface area contributed by atoms with E-state index in [1.54, 1.807) is 29.5 Å². The van der Waals surface area contributed by atoms with E-state index in [0.29, 0.717) is 16.6 Å². The van der Waals surface area contributed by atoms with E-state index in [1.807, 2.05) is 6.92 Å². The maximum atomic E-state index is 12.6. The van der Waals surface area contributed by atoms with Gasteiger partial charge in [-0.1, -0.05) is 0 Å². The number of aromatic amines is 2. The van der Waals surface area contributed by atoms with Crippen LogP contribution in [0.4, 0.5) is 0 Å². The molecule has 0 fully saturated rings. The Morgan fingerprint density at radius 3 is 2.80 bits per heavy atom. The third kappa shape index (κ3) is 2.89. The second-order valence-corrected chi connectivity index (χ2v) is 7.42. The van der Waals surface area contributed by atoms with Crippen LogP contribution < -0.4 is 16.4 Å². The minimum absolute atomic E-state index is 0.0912. The number of fused-ring (bicyclic) bond motifs is 2. The lowest BCUT2D eigenvalue weighted by Crippen LogP contribution is -2.31. The SMILES string of the molecule is Cc1nc2c(s1)CCC[C@H]2NC(=O)c1ccc2[nH]c(=O)c(=O)[nH]c2c1. The lowest BCUT2D eigenvalue weighted by molar-refractivity contribution is 0.0932. The van der Waals surface area contributed by atoms with Crippen molar-refractivity contribution >= 4 is 28.3 Å². The molecule has 1 aliphatic rings. The van der Waals surface area contributed by atoms with Gasteiger partial charge < -0.3 is 15.3 Å². The summed E-state index contributed by atoms with van der Waals surface area (Å²) in [6.07, 6.45) is 2.89. The minimum Gasteiger partial charge on any atom is -0.344 e. The van der Waals surface area contributed by atoms with Crippen LogP contribution in [0.5, 0.6) is 0 Å². The highest BCUT2D eigenvalue weighted by Gasteiger charge is 2.25. The number of benzene rings is 1. The monoisotopic (exact) mass is 356 g/mol. The largest absolute Gasteiger partial charge is 0.344 e. The molecule has 0 spiro atoms. The molecule has 128 valence electrons. The van der Waals surface area contributed by atoms with Crippen LogP contribution in [0.25, 0.3) is 11.0 Å². The Morgan fingerprint density at radius 2 is 2.00 bits per heavy atom. The van der Waals surface area contributed by atoms with Crippen molar-refractivity contribution in [1.29, 1.82) is 0 Å². The predicted molar refractivity (Wildman–Crippen MR) is 95.2 cm³/mol. The van der Waals surface area contributed by atoms with Gasteiger partial charge in [-0.15, -0.1) is 11.3 Å². The van der Waals surface area contributed by atoms with Crippen LogP contribution in [0.15, 0.2) is 27.8 Å². The van der Waals surface area contributed by atoms with Crippen LogP contribution in [0.2, 0.25) is 0 Å². The van der Waals surface area contributed by atoms with Gasteiger partial charge in [0.1, 0.15) is 0 Å². The normalized spacial score (nSPS) is 16.6. The highest BCUT2D eigenvalue weighted by molar-refractivity contribution is 7.11. The van der Waals surface area contributed by atoms with Gasteiger partial charge in [0.05, 0.1) is 27.8 Å². The molecule has 0 radical (unpaired) electrons. The van der Waals surface area contributed by atoms with Gasteiger partial charge in [0.25, 0.3) is 5.91 Å². The minimum atomic E-state index is -0.736. The third-order valence-corrected chi connectivity index (χ3v) is 5.40. The van der Waals surface area contributed by atoms with Crippen molar-refractivity contribution in [3.05, 3.63) is 60.0 Å². The number of H-pyrrole nitrogens is 2. The standard InChI is InChI=1S/C17H16N4O3S/c1-8-18-14-11(3-2-4-13(14)25-8)20-15(22)9-5-6-10-12(7-9)21-17(24)16(23)19-10/h5-7,11H,2-4H2,1H3,(H,19,23)(H,20,22)(H,21,24)/t11-/m1/s1. The predicted octanol–water partition coefficient (Wildman–Crippen LogP) is 1.79. The van der Waals surface area contributed by atoms with Crippen molar-refractivity contribution < 1.29 is 4.79 Å². The summed E-state index contributed by atoms with van der Waals surface area (Å²) >= 11 is 1.69. The number of nitrogens with zero attached hydrogens (tertiary/aromatic N) is 1. The Balaban J connectivity index is 1.63. The van der Waals surface area contributed by atoms with E-state index < -0.39 is 11.1 Å². The number of hydrogen-bond acceptors (Lipinski definition) is 5. The molecule has 25 heavy (non-hydrogen) atoms. The molecule has 4 rings (SSSR count). The van der Waals surface area contributed by atoms with Crippen LogP contribution in [0, 0.1) is 6.92 Å². The first-order valence-electron chi connectivity index (χ1n) is 8.05. The highest BCUT2D eigenvalue weighted by Crippen LogP contribution is 2.33. The number of carbonyl (C=O) groups excluding carboxylic acids is 1. The van der Waals surface area contributed by atoms with Crippen molar-refractivity contribution in [1.82, 2.24) is 20.3 Å². The Hall–Kier alpha value is -2.74. The molecule has 3 aromatic rings. The molecule has 0 aliphatic heterocycles. The van der Waals surface area contributed by atoms with Gasteiger partial charge in [0.2, 0.25) is 0 Å². The zero-order valence-electron chi connectivity index (χ0n) is 13.5. The van der Waals surface area contributed by atoms with Gasteiger partial charge >= 0.3 is 11.1 Å². The molecule has 1 aromatic carbocycles. The molecular weight excluding hydrogens is 340 g/mol. The number of carbonyl (C=O) groups is 1. The maximum Gasteiger partial charge on any atom is 0.314 e. The first kappa shape index (κ1) is 15.8. The summed E-state index contributed by atoms with van der Waals surface area (Å²) in [5.41, 5.74) is 0.857.